The second-order valence-electron chi connectivity index (χ2n) is 7.22. The number of carbonyl (C=O) groups is 2. The molecular formula is C19H24N4O2S2. The molecule has 144 valence electrons. The van der Waals surface area contributed by atoms with E-state index in [-0.39, 0.29) is 11.8 Å². The van der Waals surface area contributed by atoms with Gasteiger partial charge in [0.1, 0.15) is 0 Å². The van der Waals surface area contributed by atoms with Crippen molar-refractivity contribution in [1.82, 2.24) is 15.2 Å². The van der Waals surface area contributed by atoms with Crippen molar-refractivity contribution >= 4 is 39.6 Å². The molecule has 1 aliphatic heterocycles. The Hall–Kier alpha value is -1.77. The van der Waals surface area contributed by atoms with Gasteiger partial charge in [0.05, 0.1) is 17.8 Å². The Morgan fingerprint density at radius 2 is 2.11 bits per heavy atom. The lowest BCUT2D eigenvalue weighted by molar-refractivity contribution is -0.123. The summed E-state index contributed by atoms with van der Waals surface area (Å²) in [7, 11) is 0. The summed E-state index contributed by atoms with van der Waals surface area (Å²) in [4.78, 5) is 32.4. The Balaban J connectivity index is 1.31. The van der Waals surface area contributed by atoms with E-state index in [1.165, 1.54) is 41.9 Å². The first-order valence-electron chi connectivity index (χ1n) is 9.51. The third-order valence-corrected chi connectivity index (χ3v) is 6.83. The molecule has 2 aromatic heterocycles. The average molecular weight is 405 g/mol. The Morgan fingerprint density at radius 3 is 2.89 bits per heavy atom. The minimum absolute atomic E-state index is 0.119. The fraction of sp³-hybridized carbons (Fsp3) is 0.526. The van der Waals surface area contributed by atoms with Gasteiger partial charge in [0.15, 0.2) is 5.13 Å². The summed E-state index contributed by atoms with van der Waals surface area (Å²) in [5.41, 5.74) is 1.71. The smallest absolute Gasteiger partial charge is 0.258 e. The van der Waals surface area contributed by atoms with Crippen LogP contribution in [0.2, 0.25) is 0 Å². The number of nitrogens with zero attached hydrogens (tertiary/aromatic N) is 2. The molecule has 1 saturated carbocycles. The van der Waals surface area contributed by atoms with Crippen LogP contribution in [0, 0.1) is 0 Å². The number of anilines is 1. The lowest BCUT2D eigenvalue weighted by Crippen LogP contribution is -2.44. The second-order valence-corrected chi connectivity index (χ2v) is 9.08. The van der Waals surface area contributed by atoms with Crippen LogP contribution in [-0.2, 0) is 17.8 Å². The predicted molar refractivity (Wildman–Crippen MR) is 108 cm³/mol. The third kappa shape index (κ3) is 4.75. The van der Waals surface area contributed by atoms with Gasteiger partial charge in [-0.1, -0.05) is 19.3 Å². The van der Waals surface area contributed by atoms with Gasteiger partial charge in [-0.2, -0.15) is 11.3 Å². The van der Waals surface area contributed by atoms with Crippen molar-refractivity contribution in [2.75, 3.05) is 18.4 Å². The van der Waals surface area contributed by atoms with Crippen molar-refractivity contribution in [2.24, 2.45) is 0 Å². The van der Waals surface area contributed by atoms with Gasteiger partial charge in [-0.05, 0) is 24.3 Å². The molecular weight excluding hydrogens is 380 g/mol. The minimum atomic E-state index is -0.119. The number of amides is 2. The lowest BCUT2D eigenvalue weighted by atomic mass is 9.95. The van der Waals surface area contributed by atoms with Crippen molar-refractivity contribution in [3.8, 4) is 0 Å². The molecule has 0 radical (unpaired) electrons. The summed E-state index contributed by atoms with van der Waals surface area (Å²) in [6, 6.07) is 2.16. The highest BCUT2D eigenvalue weighted by Gasteiger charge is 2.24. The van der Waals surface area contributed by atoms with E-state index in [4.69, 9.17) is 0 Å². The van der Waals surface area contributed by atoms with Gasteiger partial charge >= 0.3 is 0 Å². The largest absolute Gasteiger partial charge is 0.352 e. The maximum Gasteiger partial charge on any atom is 0.258 e. The lowest BCUT2D eigenvalue weighted by Gasteiger charge is -2.27. The van der Waals surface area contributed by atoms with Crippen molar-refractivity contribution < 1.29 is 9.59 Å². The molecule has 3 heterocycles. The summed E-state index contributed by atoms with van der Waals surface area (Å²) in [5.74, 6) is 0.00640. The molecule has 0 unspecified atom stereocenters. The second kappa shape index (κ2) is 8.50. The highest BCUT2D eigenvalue weighted by atomic mass is 32.1. The van der Waals surface area contributed by atoms with Crippen LogP contribution in [0.25, 0.3) is 0 Å². The summed E-state index contributed by atoms with van der Waals surface area (Å²) >= 11 is 3.02. The Labute approximate surface area is 167 Å². The first-order chi connectivity index (χ1) is 13.2. The number of thiophene rings is 1. The number of hydrogen-bond donors (Lipinski definition) is 2. The van der Waals surface area contributed by atoms with Gasteiger partial charge in [0, 0.05) is 35.8 Å². The molecule has 2 amide bonds. The molecule has 0 saturated heterocycles. The summed E-state index contributed by atoms with van der Waals surface area (Å²) in [5, 5.41) is 10.4. The predicted octanol–water partition coefficient (Wildman–Crippen LogP) is 3.26. The zero-order valence-corrected chi connectivity index (χ0v) is 16.8. The monoisotopic (exact) mass is 404 g/mol. The van der Waals surface area contributed by atoms with Crippen LogP contribution in [-0.4, -0.2) is 40.8 Å². The molecule has 0 atom stereocenters. The maximum atomic E-state index is 12.4. The topological polar surface area (TPSA) is 74.3 Å². The molecule has 27 heavy (non-hydrogen) atoms. The van der Waals surface area contributed by atoms with Crippen LogP contribution in [0.4, 0.5) is 5.13 Å². The SMILES string of the molecule is O=C(CN1CCc2nc(NC(=O)c3ccsc3)sc2C1)NC1CCCCC1. The van der Waals surface area contributed by atoms with Crippen LogP contribution in [0.5, 0.6) is 0 Å². The van der Waals surface area contributed by atoms with Crippen molar-refractivity contribution in [3.63, 3.8) is 0 Å². The molecule has 1 aliphatic carbocycles. The summed E-state index contributed by atoms with van der Waals surface area (Å²) in [6.07, 6.45) is 6.77. The van der Waals surface area contributed by atoms with Crippen molar-refractivity contribution in [3.05, 3.63) is 33.0 Å². The van der Waals surface area contributed by atoms with Gasteiger partial charge in [-0.25, -0.2) is 4.98 Å². The minimum Gasteiger partial charge on any atom is -0.352 e. The standard InChI is InChI=1S/C19H24N4O2S2/c24-17(20-14-4-2-1-3-5-14)11-23-8-6-15-16(10-23)27-19(21-15)22-18(25)13-7-9-26-12-13/h7,9,12,14H,1-6,8,10-11H2,(H,20,24)(H,21,22,25). The quantitative estimate of drug-likeness (QED) is 0.802. The van der Waals surface area contributed by atoms with E-state index in [0.717, 1.165) is 42.9 Å². The van der Waals surface area contributed by atoms with Crippen molar-refractivity contribution in [1.29, 1.82) is 0 Å². The van der Waals surface area contributed by atoms with Crippen LogP contribution in [0.3, 0.4) is 0 Å². The first kappa shape index (κ1) is 18.6. The van der Waals surface area contributed by atoms with Crippen LogP contribution >= 0.6 is 22.7 Å². The van der Waals surface area contributed by atoms with Gasteiger partial charge in [-0.3, -0.25) is 19.8 Å². The zero-order valence-electron chi connectivity index (χ0n) is 15.2. The maximum absolute atomic E-state index is 12.4. The molecule has 0 bridgehead atoms. The molecule has 2 N–H and O–H groups in total. The molecule has 0 aromatic carbocycles. The molecule has 6 nitrogen and oxygen atoms in total. The van der Waals surface area contributed by atoms with E-state index >= 15 is 0 Å². The highest BCUT2D eigenvalue weighted by Crippen LogP contribution is 2.28. The molecule has 2 aromatic rings. The van der Waals surface area contributed by atoms with E-state index in [1.54, 1.807) is 6.07 Å². The number of hydrogen-bond acceptors (Lipinski definition) is 6. The Kier molecular flexibility index (Phi) is 5.85. The number of fused-ring (bicyclic) bond motifs is 1. The van der Waals surface area contributed by atoms with Gasteiger partial charge < -0.3 is 5.32 Å². The van der Waals surface area contributed by atoms with Gasteiger partial charge in [-0.15, -0.1) is 11.3 Å². The van der Waals surface area contributed by atoms with E-state index in [1.807, 2.05) is 10.8 Å². The average Bonchev–Trinajstić information content (AvgIpc) is 3.31. The normalized spacial score (nSPS) is 18.1. The Morgan fingerprint density at radius 1 is 1.26 bits per heavy atom. The fourth-order valence-corrected chi connectivity index (χ4v) is 5.40. The number of thiazole rings is 1. The molecule has 0 spiro atoms. The number of aromatic nitrogens is 1. The number of rotatable bonds is 5. The first-order valence-corrected chi connectivity index (χ1v) is 11.3. The third-order valence-electron chi connectivity index (χ3n) is 5.15. The number of nitrogens with one attached hydrogen (secondary N) is 2. The molecule has 2 aliphatic rings. The van der Waals surface area contributed by atoms with Gasteiger partial charge in [0.2, 0.25) is 5.91 Å². The van der Waals surface area contributed by atoms with E-state index < -0.39 is 0 Å². The molecule has 4 rings (SSSR count). The van der Waals surface area contributed by atoms with E-state index in [0.29, 0.717) is 23.3 Å². The van der Waals surface area contributed by atoms with Gasteiger partial charge in [0.25, 0.3) is 5.91 Å². The van der Waals surface area contributed by atoms with Crippen LogP contribution < -0.4 is 10.6 Å². The highest BCUT2D eigenvalue weighted by molar-refractivity contribution is 7.16. The van der Waals surface area contributed by atoms with E-state index in [9.17, 15) is 9.59 Å². The zero-order chi connectivity index (χ0) is 18.6. The molecule has 1 fully saturated rings. The van der Waals surface area contributed by atoms with E-state index in [2.05, 4.69) is 20.5 Å². The van der Waals surface area contributed by atoms with Crippen molar-refractivity contribution in [2.45, 2.75) is 51.1 Å². The molecule has 8 heteroatoms. The summed E-state index contributed by atoms with van der Waals surface area (Å²) in [6.45, 7) is 1.98. The Bertz CT molecular complexity index is 797. The van der Waals surface area contributed by atoms with Crippen LogP contribution in [0.1, 0.15) is 53.0 Å². The fourth-order valence-electron chi connectivity index (χ4n) is 3.72. The number of carbonyl (C=O) groups excluding carboxylic acids is 2. The summed E-state index contributed by atoms with van der Waals surface area (Å²) < 4.78 is 0. The van der Waals surface area contributed by atoms with Crippen LogP contribution in [0.15, 0.2) is 16.8 Å².